The smallest absolute Gasteiger partial charge is 0.191 e. The van der Waals surface area contributed by atoms with Crippen LogP contribution in [-0.2, 0) is 13.0 Å². The van der Waals surface area contributed by atoms with E-state index in [0.717, 1.165) is 31.9 Å². The van der Waals surface area contributed by atoms with Gasteiger partial charge in [-0.05, 0) is 24.8 Å². The van der Waals surface area contributed by atoms with Crippen LogP contribution in [0.2, 0.25) is 0 Å². The van der Waals surface area contributed by atoms with Gasteiger partial charge >= 0.3 is 0 Å². The number of hydrogen-bond acceptors (Lipinski definition) is 2. The normalized spacial score (nSPS) is 15.2. The molecule has 2 heterocycles. The van der Waals surface area contributed by atoms with Crippen molar-refractivity contribution < 1.29 is 0 Å². The number of benzene rings is 1. The fourth-order valence-electron chi connectivity index (χ4n) is 2.99. The zero-order chi connectivity index (χ0) is 15.9. The first-order valence-electron chi connectivity index (χ1n) is 8.42. The first-order chi connectivity index (χ1) is 11.3. The van der Waals surface area contributed by atoms with Crippen molar-refractivity contribution in [2.24, 2.45) is 10.7 Å². The molecule has 0 bridgehead atoms. The van der Waals surface area contributed by atoms with Gasteiger partial charge in [0, 0.05) is 45.0 Å². The van der Waals surface area contributed by atoms with Gasteiger partial charge in [0.05, 0.1) is 0 Å². The Bertz CT molecular complexity index is 632. The molecule has 0 saturated carbocycles. The minimum atomic E-state index is 0. The Morgan fingerprint density at radius 2 is 1.88 bits per heavy atom. The molecular formula is C18H26IN5. The molecule has 2 aromatic rings. The van der Waals surface area contributed by atoms with E-state index >= 15 is 0 Å². The maximum absolute atomic E-state index is 6.10. The van der Waals surface area contributed by atoms with Crippen molar-refractivity contribution in [2.45, 2.75) is 32.2 Å². The molecule has 3 rings (SSSR count). The fourth-order valence-corrected chi connectivity index (χ4v) is 2.99. The molecule has 0 atom stereocenters. The van der Waals surface area contributed by atoms with E-state index in [1.807, 2.05) is 18.5 Å². The number of guanidine groups is 1. The molecule has 1 aromatic carbocycles. The number of imidazole rings is 1. The first kappa shape index (κ1) is 18.8. The Morgan fingerprint density at radius 3 is 2.62 bits per heavy atom. The van der Waals surface area contributed by atoms with Crippen LogP contribution >= 0.6 is 24.0 Å². The van der Waals surface area contributed by atoms with E-state index in [1.165, 1.54) is 24.8 Å². The number of nitrogens with two attached hydrogens (primary N) is 1. The van der Waals surface area contributed by atoms with Gasteiger partial charge in [-0.25, -0.2) is 4.98 Å². The molecule has 2 N–H and O–H groups in total. The van der Waals surface area contributed by atoms with Gasteiger partial charge in [-0.2, -0.15) is 0 Å². The van der Waals surface area contributed by atoms with Gasteiger partial charge in [0.15, 0.2) is 5.96 Å². The van der Waals surface area contributed by atoms with E-state index < -0.39 is 0 Å². The van der Waals surface area contributed by atoms with Crippen LogP contribution in [0.1, 0.15) is 30.7 Å². The second-order valence-corrected chi connectivity index (χ2v) is 5.99. The summed E-state index contributed by atoms with van der Waals surface area (Å²) in [6, 6.07) is 10.4. The number of halogens is 1. The summed E-state index contributed by atoms with van der Waals surface area (Å²) in [5.41, 5.74) is 7.38. The maximum atomic E-state index is 6.10. The summed E-state index contributed by atoms with van der Waals surface area (Å²) in [5, 5.41) is 0. The third-order valence-electron chi connectivity index (χ3n) is 4.29. The molecule has 0 radical (unpaired) electrons. The van der Waals surface area contributed by atoms with Gasteiger partial charge in [0.1, 0.15) is 5.82 Å². The third-order valence-corrected chi connectivity index (χ3v) is 4.29. The second kappa shape index (κ2) is 9.66. The molecule has 1 aromatic heterocycles. The van der Waals surface area contributed by atoms with E-state index in [9.17, 15) is 0 Å². The number of hydrogen-bond donors (Lipinski definition) is 1. The van der Waals surface area contributed by atoms with Gasteiger partial charge in [0.25, 0.3) is 0 Å². The second-order valence-electron chi connectivity index (χ2n) is 5.99. The lowest BCUT2D eigenvalue weighted by atomic mass is 10.1. The average molecular weight is 439 g/mol. The molecule has 5 nitrogen and oxygen atoms in total. The standard InChI is InChI=1S/C18H25N5.HI/c19-18(22-12-5-2-6-13-22)21-10-9-17-20-11-14-23(17)15-16-7-3-1-4-8-16;/h1,3-4,7-8,11,14H,2,5-6,9-10,12-13,15H2,(H2,19,21);1H. The topological polar surface area (TPSA) is 59.4 Å². The van der Waals surface area contributed by atoms with E-state index in [-0.39, 0.29) is 24.0 Å². The summed E-state index contributed by atoms with van der Waals surface area (Å²) < 4.78 is 2.18. The molecular weight excluding hydrogens is 413 g/mol. The molecule has 0 unspecified atom stereocenters. The summed E-state index contributed by atoms with van der Waals surface area (Å²) in [7, 11) is 0. The zero-order valence-electron chi connectivity index (χ0n) is 14.0. The third kappa shape index (κ3) is 5.22. The van der Waals surface area contributed by atoms with E-state index in [1.54, 1.807) is 0 Å². The molecule has 1 aliphatic rings. The van der Waals surface area contributed by atoms with Crippen molar-refractivity contribution in [3.63, 3.8) is 0 Å². The van der Waals surface area contributed by atoms with Gasteiger partial charge < -0.3 is 15.2 Å². The minimum absolute atomic E-state index is 0. The van der Waals surface area contributed by atoms with Crippen LogP contribution < -0.4 is 5.73 Å². The van der Waals surface area contributed by atoms with Crippen LogP contribution in [0, 0.1) is 0 Å². The molecule has 130 valence electrons. The lowest BCUT2D eigenvalue weighted by Gasteiger charge is -2.27. The molecule has 1 saturated heterocycles. The van der Waals surface area contributed by atoms with E-state index in [2.05, 4.69) is 43.7 Å². The summed E-state index contributed by atoms with van der Waals surface area (Å²) in [6.07, 6.45) is 8.44. The minimum Gasteiger partial charge on any atom is -0.370 e. The number of nitrogens with zero attached hydrogens (tertiary/aromatic N) is 4. The van der Waals surface area contributed by atoms with Gasteiger partial charge in [0.2, 0.25) is 0 Å². The largest absolute Gasteiger partial charge is 0.370 e. The van der Waals surface area contributed by atoms with Crippen LogP contribution in [0.4, 0.5) is 0 Å². The summed E-state index contributed by atoms with van der Waals surface area (Å²) in [6.45, 7) is 3.62. The Morgan fingerprint density at radius 1 is 1.12 bits per heavy atom. The number of piperidine rings is 1. The summed E-state index contributed by atoms with van der Waals surface area (Å²) in [4.78, 5) is 11.2. The van der Waals surface area contributed by atoms with Crippen molar-refractivity contribution in [3.05, 3.63) is 54.1 Å². The predicted octanol–water partition coefficient (Wildman–Crippen LogP) is 2.89. The Labute approximate surface area is 161 Å². The van der Waals surface area contributed by atoms with Crippen molar-refractivity contribution in [3.8, 4) is 0 Å². The molecule has 1 aliphatic heterocycles. The number of aliphatic imine (C=N–C) groups is 1. The lowest BCUT2D eigenvalue weighted by molar-refractivity contribution is 0.338. The average Bonchev–Trinajstić information content (AvgIpc) is 3.03. The Hall–Kier alpha value is -1.57. The van der Waals surface area contributed by atoms with E-state index in [4.69, 9.17) is 5.73 Å². The highest BCUT2D eigenvalue weighted by Crippen LogP contribution is 2.09. The summed E-state index contributed by atoms with van der Waals surface area (Å²) >= 11 is 0. The van der Waals surface area contributed by atoms with Crippen molar-refractivity contribution in [2.75, 3.05) is 19.6 Å². The van der Waals surface area contributed by atoms with Gasteiger partial charge in [-0.15, -0.1) is 24.0 Å². The highest BCUT2D eigenvalue weighted by atomic mass is 127. The van der Waals surface area contributed by atoms with Gasteiger partial charge in [-0.1, -0.05) is 30.3 Å². The lowest BCUT2D eigenvalue weighted by Crippen LogP contribution is -2.41. The Balaban J connectivity index is 0.00000208. The van der Waals surface area contributed by atoms with Crippen LogP contribution in [0.5, 0.6) is 0 Å². The highest BCUT2D eigenvalue weighted by Gasteiger charge is 2.11. The van der Waals surface area contributed by atoms with E-state index in [0.29, 0.717) is 12.5 Å². The highest BCUT2D eigenvalue weighted by molar-refractivity contribution is 14.0. The molecule has 0 aliphatic carbocycles. The van der Waals surface area contributed by atoms with Crippen LogP contribution in [0.3, 0.4) is 0 Å². The number of likely N-dealkylation sites (tertiary alicyclic amines) is 1. The zero-order valence-corrected chi connectivity index (χ0v) is 16.3. The molecule has 24 heavy (non-hydrogen) atoms. The fraction of sp³-hybridized carbons (Fsp3) is 0.444. The first-order valence-corrected chi connectivity index (χ1v) is 8.42. The van der Waals surface area contributed by atoms with Crippen LogP contribution in [0.25, 0.3) is 0 Å². The SMILES string of the molecule is I.NC(=NCCc1nccn1Cc1ccccc1)N1CCCCC1. The molecule has 0 spiro atoms. The van der Waals surface area contributed by atoms with Crippen molar-refractivity contribution in [1.29, 1.82) is 0 Å². The maximum Gasteiger partial charge on any atom is 0.191 e. The monoisotopic (exact) mass is 439 g/mol. The molecule has 0 amide bonds. The van der Waals surface area contributed by atoms with Crippen LogP contribution in [-0.4, -0.2) is 40.0 Å². The Kier molecular flexibility index (Phi) is 7.55. The van der Waals surface area contributed by atoms with Crippen molar-refractivity contribution in [1.82, 2.24) is 14.5 Å². The van der Waals surface area contributed by atoms with Gasteiger partial charge in [-0.3, -0.25) is 4.99 Å². The number of aromatic nitrogens is 2. The summed E-state index contributed by atoms with van der Waals surface area (Å²) in [5.74, 6) is 1.75. The van der Waals surface area contributed by atoms with Crippen molar-refractivity contribution >= 4 is 29.9 Å². The number of rotatable bonds is 5. The molecule has 1 fully saturated rings. The molecule has 6 heteroatoms. The predicted molar refractivity (Wildman–Crippen MR) is 109 cm³/mol. The quantitative estimate of drug-likeness (QED) is 0.443. The van der Waals surface area contributed by atoms with Crippen LogP contribution in [0.15, 0.2) is 47.7 Å².